The zero-order chi connectivity index (χ0) is 16.6. The van der Waals surface area contributed by atoms with Crippen molar-refractivity contribution in [2.45, 2.75) is 12.1 Å². The second-order valence-corrected chi connectivity index (χ2v) is 14.2. The fourth-order valence-corrected chi connectivity index (χ4v) is 6.36. The molecule has 0 aliphatic carbocycles. The van der Waals surface area contributed by atoms with Gasteiger partial charge in [0.2, 0.25) is 0 Å². The Morgan fingerprint density at radius 3 is 2.19 bits per heavy atom. The van der Waals surface area contributed by atoms with Crippen LogP contribution in [0.25, 0.3) is 0 Å². The number of rotatable bonds is 11. The molecule has 21 heavy (non-hydrogen) atoms. The minimum atomic E-state index is -2.27. The molecule has 0 aliphatic rings. The molecule has 0 aromatic rings. The van der Waals surface area contributed by atoms with E-state index in [2.05, 4.69) is 4.72 Å². The summed E-state index contributed by atoms with van der Waals surface area (Å²) < 4.78 is 2.48. The highest BCUT2D eigenvalue weighted by Gasteiger charge is 2.23. The summed E-state index contributed by atoms with van der Waals surface area (Å²) in [7, 11) is 0.979. The van der Waals surface area contributed by atoms with Gasteiger partial charge >= 0.3 is 17.9 Å². The Hall–Kier alpha value is -0.180. The van der Waals surface area contributed by atoms with Crippen molar-refractivity contribution in [3.63, 3.8) is 0 Å². The molecule has 0 aliphatic heterocycles. The molecule has 122 valence electrons. The number of carboxylic acid groups (broad SMARTS) is 3. The molecule has 0 bridgehead atoms. The van der Waals surface area contributed by atoms with Gasteiger partial charge in [-0.2, -0.15) is 0 Å². The fourth-order valence-electron chi connectivity index (χ4n) is 0.860. The number of carboxylic acids is 3. The smallest absolute Gasteiger partial charge is 0.322 e. The zero-order valence-electron chi connectivity index (χ0n) is 10.5. The third kappa shape index (κ3) is 10.2. The van der Waals surface area contributed by atoms with Gasteiger partial charge in [-0.05, 0) is 28.6 Å². The van der Waals surface area contributed by atoms with Crippen molar-refractivity contribution in [2.24, 2.45) is 5.73 Å². The maximum Gasteiger partial charge on any atom is 0.322 e. The average molecular weight is 395 g/mol. The lowest BCUT2D eigenvalue weighted by Crippen LogP contribution is -2.39. The molecule has 6 N–H and O–H groups in total. The Labute approximate surface area is 138 Å². The van der Waals surface area contributed by atoms with Gasteiger partial charge in [-0.15, -0.1) is 0 Å². The first-order chi connectivity index (χ1) is 9.55. The van der Waals surface area contributed by atoms with Crippen molar-refractivity contribution in [2.75, 3.05) is 17.3 Å². The number of nitrogens with one attached hydrogen (secondary N) is 1. The van der Waals surface area contributed by atoms with Crippen LogP contribution in [0.2, 0.25) is 0 Å². The van der Waals surface area contributed by atoms with E-state index < -0.39 is 36.2 Å². The highest BCUT2D eigenvalue weighted by atomic mass is 33.5. The first kappa shape index (κ1) is 20.8. The van der Waals surface area contributed by atoms with E-state index in [1.807, 2.05) is 0 Å². The summed E-state index contributed by atoms with van der Waals surface area (Å²) in [5.74, 6) is -3.88. The van der Waals surface area contributed by atoms with Crippen molar-refractivity contribution in [3.8, 4) is 0 Å². The van der Waals surface area contributed by atoms with Crippen LogP contribution in [0, 0.1) is 0 Å². The Morgan fingerprint density at radius 1 is 1.19 bits per heavy atom. The molecule has 8 nitrogen and oxygen atoms in total. The van der Waals surface area contributed by atoms with Crippen LogP contribution in [0.15, 0.2) is 0 Å². The van der Waals surface area contributed by atoms with Crippen LogP contribution in [0.4, 0.5) is 0 Å². The highest BCUT2D eigenvalue weighted by Crippen LogP contribution is 2.17. The van der Waals surface area contributed by atoms with E-state index in [0.29, 0.717) is 0 Å². The second-order valence-electron chi connectivity index (χ2n) is 3.64. The molecule has 2 atom stereocenters. The Kier molecular flexibility index (Phi) is 9.68. The molecule has 0 aromatic heterocycles. The van der Waals surface area contributed by atoms with Gasteiger partial charge in [-0.1, -0.05) is 22.7 Å². The van der Waals surface area contributed by atoms with Gasteiger partial charge in [0.15, 0.2) is 0 Å². The molecular formula is C8H14N2O6S5. The van der Waals surface area contributed by atoms with E-state index in [4.69, 9.17) is 43.4 Å². The molecular weight excluding hydrogens is 380 g/mol. The van der Waals surface area contributed by atoms with Gasteiger partial charge in [0.25, 0.3) is 0 Å². The third-order valence-electron chi connectivity index (χ3n) is 1.83. The lowest BCUT2D eigenvalue weighted by atomic mass is 10.4. The van der Waals surface area contributed by atoms with E-state index in [9.17, 15) is 14.4 Å². The maximum atomic E-state index is 11.1. The summed E-state index contributed by atoms with van der Waals surface area (Å²) in [6, 6.07) is -2.22. The van der Waals surface area contributed by atoms with Crippen molar-refractivity contribution in [1.29, 1.82) is 0 Å². The number of hydrogen-bond acceptors (Lipinski definition) is 9. The molecule has 0 fully saturated rings. The zero-order valence-corrected chi connectivity index (χ0v) is 14.5. The van der Waals surface area contributed by atoms with E-state index in [1.165, 1.54) is 0 Å². The van der Waals surface area contributed by atoms with Crippen LogP contribution in [0.5, 0.6) is 0 Å². The van der Waals surface area contributed by atoms with Crippen LogP contribution >= 0.6 is 22.7 Å². The van der Waals surface area contributed by atoms with E-state index in [0.717, 1.165) is 22.7 Å². The standard InChI is InChI=1S/C8H14N2O6S5/c9-4(7(13)14)1-20-21(17,18)3-5(8(15)16)10-19-2-6(11)12/h4-5,10H,1-3,9H2,(H,11,12)(H,13,14)(H,15,16)/t4?,5-/m0/s1. The normalized spacial score (nSPS) is 14.3. The molecule has 0 rings (SSSR count). The van der Waals surface area contributed by atoms with Gasteiger partial charge in [-0.3, -0.25) is 14.4 Å². The summed E-state index contributed by atoms with van der Waals surface area (Å²) in [5, 5.41) is 26.2. The van der Waals surface area contributed by atoms with E-state index in [-0.39, 0.29) is 17.3 Å². The molecule has 0 aromatic carbocycles. The van der Waals surface area contributed by atoms with Crippen LogP contribution in [-0.2, 0) is 42.9 Å². The number of carbonyl (C=O) groups is 3. The van der Waals surface area contributed by atoms with Crippen LogP contribution in [0.1, 0.15) is 0 Å². The third-order valence-corrected chi connectivity index (χ3v) is 8.72. The second kappa shape index (κ2) is 9.76. The number of hydrogen-bond donors (Lipinski definition) is 5. The molecule has 0 heterocycles. The van der Waals surface area contributed by atoms with Crippen LogP contribution in [0.3, 0.4) is 0 Å². The number of nitrogens with two attached hydrogens (primary N) is 1. The van der Waals surface area contributed by atoms with Crippen LogP contribution < -0.4 is 10.5 Å². The van der Waals surface area contributed by atoms with Crippen molar-refractivity contribution in [1.82, 2.24) is 4.72 Å². The van der Waals surface area contributed by atoms with Gasteiger partial charge in [0.05, 0.1) is 0 Å². The Balaban J connectivity index is 4.50. The topological polar surface area (TPSA) is 150 Å². The van der Waals surface area contributed by atoms with Gasteiger partial charge in [0, 0.05) is 11.5 Å². The monoisotopic (exact) mass is 394 g/mol. The molecule has 0 saturated carbocycles. The van der Waals surface area contributed by atoms with Crippen molar-refractivity contribution in [3.05, 3.63) is 0 Å². The molecule has 0 amide bonds. The maximum absolute atomic E-state index is 11.1. The van der Waals surface area contributed by atoms with Gasteiger partial charge in [-0.25, -0.2) is 4.72 Å². The summed E-state index contributed by atoms with van der Waals surface area (Å²) >= 11 is 11.0. The van der Waals surface area contributed by atoms with Crippen LogP contribution in [-0.4, -0.2) is 62.6 Å². The lowest BCUT2D eigenvalue weighted by molar-refractivity contribution is -0.139. The Morgan fingerprint density at radius 2 is 1.76 bits per heavy atom. The molecule has 0 radical (unpaired) electrons. The molecule has 0 spiro atoms. The average Bonchev–Trinajstić information content (AvgIpc) is 2.33. The predicted octanol–water partition coefficient (Wildman–Crippen LogP) is -1.10. The number of aliphatic carboxylic acids is 3. The summed E-state index contributed by atoms with van der Waals surface area (Å²) in [5.41, 5.74) is 5.33. The quantitative estimate of drug-likeness (QED) is 0.214. The first-order valence-corrected chi connectivity index (χ1v) is 11.4. The minimum absolute atomic E-state index is 0.00766. The predicted molar refractivity (Wildman–Crippen MR) is 89.7 cm³/mol. The summed E-state index contributed by atoms with van der Waals surface area (Å²) in [4.78, 5) is 32.0. The summed E-state index contributed by atoms with van der Waals surface area (Å²) in [6.07, 6.45) is -2.27. The molecule has 0 saturated heterocycles. The largest absolute Gasteiger partial charge is 0.481 e. The fraction of sp³-hybridized carbons (Fsp3) is 0.625. The van der Waals surface area contributed by atoms with Crippen molar-refractivity contribution < 1.29 is 29.7 Å². The molecule has 13 heteroatoms. The lowest BCUT2D eigenvalue weighted by Gasteiger charge is -2.17. The molecule has 1 unspecified atom stereocenters. The highest BCUT2D eigenvalue weighted by molar-refractivity contribution is 8.98. The first-order valence-electron chi connectivity index (χ1n) is 5.22. The van der Waals surface area contributed by atoms with Crippen molar-refractivity contribution >= 4 is 69.2 Å². The van der Waals surface area contributed by atoms with Gasteiger partial charge < -0.3 is 21.1 Å². The van der Waals surface area contributed by atoms with E-state index >= 15 is 0 Å². The summed E-state index contributed by atoms with van der Waals surface area (Å²) in [6.45, 7) is 0. The van der Waals surface area contributed by atoms with Gasteiger partial charge in [0.1, 0.15) is 17.8 Å². The minimum Gasteiger partial charge on any atom is -0.481 e. The SMILES string of the molecule is NC(CSS(=S)(=S)C[C@H](NSCC(=O)O)C(=O)O)C(=O)O. The van der Waals surface area contributed by atoms with E-state index in [1.54, 1.807) is 0 Å². The Bertz CT molecular complexity index is 495.